The van der Waals surface area contributed by atoms with Crippen molar-refractivity contribution in [2.75, 3.05) is 10.0 Å². The van der Waals surface area contributed by atoms with E-state index in [4.69, 9.17) is 0 Å². The first kappa shape index (κ1) is 13.7. The lowest BCUT2D eigenvalue weighted by Gasteiger charge is -2.46. The maximum atomic E-state index is 13.0. The Kier molecular flexibility index (Phi) is 3.41. The number of benzene rings is 1. The summed E-state index contributed by atoms with van der Waals surface area (Å²) < 4.78 is 1.68. The summed E-state index contributed by atoms with van der Waals surface area (Å²) in [5, 5.41) is 3.62. The van der Waals surface area contributed by atoms with Gasteiger partial charge in [0, 0.05) is 6.07 Å². The van der Waals surface area contributed by atoms with Gasteiger partial charge in [0.1, 0.15) is 0 Å². The fourth-order valence-corrected chi connectivity index (χ4v) is 3.24. The van der Waals surface area contributed by atoms with E-state index in [1.54, 1.807) is 4.57 Å². The zero-order valence-corrected chi connectivity index (χ0v) is 12.5. The molecule has 1 aliphatic heterocycles. The van der Waals surface area contributed by atoms with Gasteiger partial charge in [-0.25, -0.2) is 4.79 Å². The Labute approximate surface area is 125 Å². The van der Waals surface area contributed by atoms with Gasteiger partial charge >= 0.3 is 12.4 Å². The highest BCUT2D eigenvalue weighted by Crippen LogP contribution is 2.30. The molecular formula is C16H20BN3O. The number of rotatable bonds is 3. The average molecular weight is 281 g/mol. The first-order valence-electron chi connectivity index (χ1n) is 7.58. The van der Waals surface area contributed by atoms with E-state index in [1.165, 1.54) is 0 Å². The molecule has 2 heterocycles. The SMILES string of the molecule is CC[B-]1(CC)Nc2cccc[n+]2C(=O)N1c1ccccc1. The third-order valence-electron chi connectivity index (χ3n) is 4.57. The van der Waals surface area contributed by atoms with Gasteiger partial charge in [-0.05, 0) is 18.2 Å². The molecule has 108 valence electrons. The van der Waals surface area contributed by atoms with E-state index >= 15 is 0 Å². The highest BCUT2D eigenvalue weighted by Gasteiger charge is 2.46. The molecule has 0 unspecified atom stereocenters. The number of hydrogen-bond donors (Lipinski definition) is 1. The number of carbonyl (C=O) groups excluding carboxylic acids is 1. The van der Waals surface area contributed by atoms with Crippen molar-refractivity contribution in [3.8, 4) is 0 Å². The molecule has 21 heavy (non-hydrogen) atoms. The Balaban J connectivity index is 2.18. The quantitative estimate of drug-likeness (QED) is 0.691. The van der Waals surface area contributed by atoms with Gasteiger partial charge in [0.2, 0.25) is 0 Å². The van der Waals surface area contributed by atoms with Gasteiger partial charge in [-0.1, -0.05) is 38.1 Å². The summed E-state index contributed by atoms with van der Waals surface area (Å²) in [6.07, 6.45) is 2.44. The van der Waals surface area contributed by atoms with E-state index in [-0.39, 0.29) is 6.03 Å². The van der Waals surface area contributed by atoms with Crippen LogP contribution in [0.4, 0.5) is 16.3 Å². The van der Waals surface area contributed by atoms with Crippen LogP contribution in [0.1, 0.15) is 13.8 Å². The maximum absolute atomic E-state index is 13.0. The number of aromatic nitrogens is 1. The predicted octanol–water partition coefficient (Wildman–Crippen LogP) is 3.36. The van der Waals surface area contributed by atoms with Crippen molar-refractivity contribution in [3.05, 3.63) is 54.7 Å². The minimum Gasteiger partial charge on any atom is -0.460 e. The standard InChI is InChI=1S/C16H19BN3O/c1-3-17(4-2)18-15-12-8-9-13-19(15)16(21)20(17)14-10-6-5-7-11-14/h5-13H,3-4H2,1-2H3/q-1/p+1. The molecule has 5 heteroatoms. The van der Waals surface area contributed by atoms with Crippen LogP contribution in [0.3, 0.4) is 0 Å². The van der Waals surface area contributed by atoms with Crippen LogP contribution < -0.4 is 14.6 Å². The second-order valence-electron chi connectivity index (χ2n) is 5.60. The molecule has 1 aliphatic rings. The predicted molar refractivity (Wildman–Crippen MR) is 86.7 cm³/mol. The minimum atomic E-state index is -1.16. The summed E-state index contributed by atoms with van der Waals surface area (Å²) >= 11 is 0. The molecule has 0 saturated carbocycles. The largest absolute Gasteiger partial charge is 0.460 e. The average Bonchev–Trinajstić information content (AvgIpc) is 2.55. The molecule has 1 aromatic carbocycles. The summed E-state index contributed by atoms with van der Waals surface area (Å²) in [4.78, 5) is 15.0. The van der Waals surface area contributed by atoms with Gasteiger partial charge in [0.15, 0.2) is 5.82 Å². The van der Waals surface area contributed by atoms with E-state index < -0.39 is 6.42 Å². The first-order valence-corrected chi connectivity index (χ1v) is 7.58. The van der Waals surface area contributed by atoms with Gasteiger partial charge in [0.25, 0.3) is 0 Å². The lowest BCUT2D eigenvalue weighted by atomic mass is 9.40. The van der Waals surface area contributed by atoms with E-state index in [0.29, 0.717) is 0 Å². The number of pyridine rings is 1. The van der Waals surface area contributed by atoms with Gasteiger partial charge in [0.05, 0.1) is 11.9 Å². The number of carbonyl (C=O) groups is 1. The first-order chi connectivity index (χ1) is 10.2. The summed E-state index contributed by atoms with van der Waals surface area (Å²) in [5.41, 5.74) is 0.945. The fourth-order valence-electron chi connectivity index (χ4n) is 3.24. The summed E-state index contributed by atoms with van der Waals surface area (Å²) in [7, 11) is 0. The topological polar surface area (TPSA) is 36.2 Å². The third kappa shape index (κ3) is 2.09. The second kappa shape index (κ2) is 5.24. The normalized spacial score (nSPS) is 16.3. The van der Waals surface area contributed by atoms with Crippen LogP contribution in [-0.4, -0.2) is 12.4 Å². The van der Waals surface area contributed by atoms with Crippen molar-refractivity contribution in [2.24, 2.45) is 0 Å². The van der Waals surface area contributed by atoms with Crippen molar-refractivity contribution in [1.29, 1.82) is 0 Å². The Bertz CT molecular complexity index is 656. The Morgan fingerprint density at radius 1 is 1.05 bits per heavy atom. The zero-order valence-electron chi connectivity index (χ0n) is 12.5. The Hall–Kier alpha value is -2.30. The highest BCUT2D eigenvalue weighted by atomic mass is 16.2. The number of para-hydroxylation sites is 1. The van der Waals surface area contributed by atoms with Gasteiger partial charge < -0.3 is 10.0 Å². The molecule has 1 amide bonds. The van der Waals surface area contributed by atoms with Crippen molar-refractivity contribution in [1.82, 2.24) is 0 Å². The maximum Gasteiger partial charge on any atom is 0.406 e. The summed E-state index contributed by atoms with van der Waals surface area (Å²) in [6, 6.07) is 15.7. The van der Waals surface area contributed by atoms with E-state index in [0.717, 1.165) is 24.1 Å². The van der Waals surface area contributed by atoms with Crippen LogP contribution in [0.25, 0.3) is 0 Å². The summed E-state index contributed by atoms with van der Waals surface area (Å²) in [6.45, 7) is 4.27. The lowest BCUT2D eigenvalue weighted by molar-refractivity contribution is -0.554. The zero-order chi connectivity index (χ0) is 14.9. The minimum absolute atomic E-state index is 0.0132. The van der Waals surface area contributed by atoms with Gasteiger partial charge in [-0.15, -0.1) is 12.6 Å². The van der Waals surface area contributed by atoms with Crippen LogP contribution in [-0.2, 0) is 0 Å². The monoisotopic (exact) mass is 281 g/mol. The molecule has 0 radical (unpaired) electrons. The smallest absolute Gasteiger partial charge is 0.406 e. The number of anilines is 2. The highest BCUT2D eigenvalue weighted by molar-refractivity contribution is 6.88. The molecule has 0 aliphatic carbocycles. The number of hydrogen-bond acceptors (Lipinski definition) is 2. The number of nitrogens with one attached hydrogen (secondary N) is 1. The van der Waals surface area contributed by atoms with Crippen LogP contribution in [0.5, 0.6) is 0 Å². The van der Waals surface area contributed by atoms with Gasteiger partial charge in [-0.3, -0.25) is 0 Å². The lowest BCUT2D eigenvalue weighted by Crippen LogP contribution is -2.73. The Morgan fingerprint density at radius 3 is 2.38 bits per heavy atom. The molecule has 1 N–H and O–H groups in total. The van der Waals surface area contributed by atoms with Crippen LogP contribution in [0.2, 0.25) is 12.6 Å². The number of amides is 1. The molecule has 0 bridgehead atoms. The van der Waals surface area contributed by atoms with Crippen molar-refractivity contribution in [2.45, 2.75) is 26.5 Å². The molecule has 0 spiro atoms. The Morgan fingerprint density at radius 2 is 1.71 bits per heavy atom. The van der Waals surface area contributed by atoms with Crippen LogP contribution in [0.15, 0.2) is 54.7 Å². The van der Waals surface area contributed by atoms with E-state index in [1.807, 2.05) is 59.5 Å². The van der Waals surface area contributed by atoms with Crippen molar-refractivity contribution in [3.63, 3.8) is 0 Å². The number of fused-ring (bicyclic) bond motifs is 1. The fraction of sp³-hybridized carbons (Fsp3) is 0.250. The molecule has 1 aromatic heterocycles. The molecule has 0 saturated heterocycles. The van der Waals surface area contributed by atoms with Gasteiger partial charge in [-0.2, -0.15) is 4.57 Å². The number of nitrogens with zero attached hydrogens (tertiary/aromatic N) is 2. The van der Waals surface area contributed by atoms with Crippen molar-refractivity contribution < 1.29 is 9.36 Å². The molecule has 4 nitrogen and oxygen atoms in total. The summed E-state index contributed by atoms with van der Waals surface area (Å²) in [5.74, 6) is 0.874. The third-order valence-corrected chi connectivity index (χ3v) is 4.57. The molecule has 0 fully saturated rings. The van der Waals surface area contributed by atoms with E-state index in [2.05, 4.69) is 19.1 Å². The molecule has 2 aromatic rings. The molecule has 0 atom stereocenters. The molecule has 3 rings (SSSR count). The second-order valence-corrected chi connectivity index (χ2v) is 5.60. The van der Waals surface area contributed by atoms with Crippen LogP contribution in [0, 0.1) is 0 Å². The molecular weight excluding hydrogens is 261 g/mol. The van der Waals surface area contributed by atoms with Crippen LogP contribution >= 0.6 is 0 Å². The van der Waals surface area contributed by atoms with E-state index in [9.17, 15) is 4.79 Å². The van der Waals surface area contributed by atoms with Crippen molar-refractivity contribution >= 4 is 24.0 Å².